The molecule has 0 spiro atoms. The summed E-state index contributed by atoms with van der Waals surface area (Å²) in [5.41, 5.74) is 1.42. The van der Waals surface area contributed by atoms with Gasteiger partial charge in [-0.2, -0.15) is 0 Å². The fraction of sp³-hybridized carbons (Fsp3) is 0.389. The highest BCUT2D eigenvalue weighted by Gasteiger charge is 2.33. The predicted molar refractivity (Wildman–Crippen MR) is 92.1 cm³/mol. The number of nitrogens with one attached hydrogen (secondary N) is 1. The number of aliphatic hydroxyl groups is 1. The van der Waals surface area contributed by atoms with E-state index in [0.29, 0.717) is 31.1 Å². The van der Waals surface area contributed by atoms with Gasteiger partial charge in [0.2, 0.25) is 5.88 Å². The number of carbonyl (C=O) groups excluding carboxylic acids is 1. The zero-order valence-electron chi connectivity index (χ0n) is 14.1. The molecule has 3 heterocycles. The zero-order valence-corrected chi connectivity index (χ0v) is 14.1. The second kappa shape index (κ2) is 8.04. The number of hydrogen-bond donors (Lipinski definition) is 2. The average Bonchev–Trinajstić information content (AvgIpc) is 3.03. The molecule has 7 heteroatoms. The number of likely N-dealkylation sites (tertiary alicyclic amines) is 1. The van der Waals surface area contributed by atoms with Crippen LogP contribution in [-0.2, 0) is 6.54 Å². The molecule has 0 radical (unpaired) electrons. The zero-order chi connectivity index (χ0) is 17.6. The molecule has 1 amide bonds. The molecule has 1 fully saturated rings. The van der Waals surface area contributed by atoms with Gasteiger partial charge in [0, 0.05) is 56.7 Å². The molecule has 1 aliphatic heterocycles. The minimum atomic E-state index is -0.169. The first-order chi connectivity index (χ1) is 12.2. The second-order valence-electron chi connectivity index (χ2n) is 6.13. The van der Waals surface area contributed by atoms with Crippen LogP contribution in [0, 0.1) is 5.92 Å². The SMILES string of the molecule is COc1cccc(CN2C[C@@H](CO)[C@H](NC(=O)c3cccnc3)C2)n1. The van der Waals surface area contributed by atoms with E-state index in [1.54, 1.807) is 31.5 Å². The Morgan fingerprint density at radius 2 is 2.24 bits per heavy atom. The van der Waals surface area contributed by atoms with Crippen LogP contribution in [0.15, 0.2) is 42.7 Å². The van der Waals surface area contributed by atoms with Gasteiger partial charge in [-0.3, -0.25) is 14.7 Å². The number of aliphatic hydroxyl groups excluding tert-OH is 1. The van der Waals surface area contributed by atoms with Gasteiger partial charge in [-0.25, -0.2) is 4.98 Å². The summed E-state index contributed by atoms with van der Waals surface area (Å²) in [4.78, 5) is 22.9. The lowest BCUT2D eigenvalue weighted by Crippen LogP contribution is -2.41. The number of carbonyl (C=O) groups is 1. The monoisotopic (exact) mass is 342 g/mol. The predicted octanol–water partition coefficient (Wildman–Crippen LogP) is 0.708. The Bertz CT molecular complexity index is 710. The molecule has 0 aromatic carbocycles. The lowest BCUT2D eigenvalue weighted by atomic mass is 10.0. The molecule has 2 aromatic heterocycles. The Balaban J connectivity index is 1.63. The van der Waals surface area contributed by atoms with E-state index in [9.17, 15) is 9.90 Å². The maximum Gasteiger partial charge on any atom is 0.253 e. The van der Waals surface area contributed by atoms with Gasteiger partial charge >= 0.3 is 0 Å². The molecule has 3 rings (SSSR count). The first-order valence-corrected chi connectivity index (χ1v) is 8.23. The van der Waals surface area contributed by atoms with Crippen molar-refractivity contribution in [1.29, 1.82) is 0 Å². The maximum atomic E-state index is 12.3. The summed E-state index contributed by atoms with van der Waals surface area (Å²) in [5, 5.41) is 12.7. The van der Waals surface area contributed by atoms with Crippen LogP contribution in [0.5, 0.6) is 5.88 Å². The van der Waals surface area contributed by atoms with E-state index in [1.807, 2.05) is 12.1 Å². The molecular formula is C18H22N4O3. The molecule has 1 saturated heterocycles. The minimum absolute atomic E-state index is 0.00812. The smallest absolute Gasteiger partial charge is 0.253 e. The number of aromatic nitrogens is 2. The van der Waals surface area contributed by atoms with Gasteiger partial charge in [0.05, 0.1) is 18.4 Å². The van der Waals surface area contributed by atoms with Crippen molar-refractivity contribution in [3.63, 3.8) is 0 Å². The van der Waals surface area contributed by atoms with Crippen LogP contribution < -0.4 is 10.1 Å². The number of ether oxygens (including phenoxy) is 1. The van der Waals surface area contributed by atoms with Crippen molar-refractivity contribution in [3.8, 4) is 5.88 Å². The summed E-state index contributed by atoms with van der Waals surface area (Å²) in [6, 6.07) is 9.00. The van der Waals surface area contributed by atoms with Gasteiger partial charge in [0.25, 0.3) is 5.91 Å². The minimum Gasteiger partial charge on any atom is -0.481 e. The number of amides is 1. The first kappa shape index (κ1) is 17.3. The Morgan fingerprint density at radius 3 is 2.96 bits per heavy atom. The topological polar surface area (TPSA) is 87.6 Å². The lowest BCUT2D eigenvalue weighted by molar-refractivity contribution is 0.0920. The van der Waals surface area contributed by atoms with Gasteiger partial charge < -0.3 is 15.2 Å². The molecule has 2 N–H and O–H groups in total. The fourth-order valence-corrected chi connectivity index (χ4v) is 3.08. The van der Waals surface area contributed by atoms with Crippen molar-refractivity contribution < 1.29 is 14.6 Å². The Hall–Kier alpha value is -2.51. The normalized spacial score (nSPS) is 20.4. The highest BCUT2D eigenvalue weighted by molar-refractivity contribution is 5.94. The summed E-state index contributed by atoms with van der Waals surface area (Å²) in [6.45, 7) is 2.04. The lowest BCUT2D eigenvalue weighted by Gasteiger charge is -2.18. The van der Waals surface area contributed by atoms with E-state index in [2.05, 4.69) is 20.2 Å². The van der Waals surface area contributed by atoms with E-state index in [-0.39, 0.29) is 24.5 Å². The van der Waals surface area contributed by atoms with Crippen LogP contribution in [0.4, 0.5) is 0 Å². The summed E-state index contributed by atoms with van der Waals surface area (Å²) >= 11 is 0. The summed E-state index contributed by atoms with van der Waals surface area (Å²) in [7, 11) is 1.59. The Labute approximate surface area is 146 Å². The van der Waals surface area contributed by atoms with Gasteiger partial charge in [-0.1, -0.05) is 6.07 Å². The van der Waals surface area contributed by atoms with Crippen LogP contribution >= 0.6 is 0 Å². The van der Waals surface area contributed by atoms with Crippen molar-refractivity contribution in [3.05, 3.63) is 54.0 Å². The molecule has 0 aliphatic carbocycles. The highest BCUT2D eigenvalue weighted by atomic mass is 16.5. The number of hydrogen-bond acceptors (Lipinski definition) is 6. The highest BCUT2D eigenvalue weighted by Crippen LogP contribution is 2.20. The molecule has 0 saturated carbocycles. The van der Waals surface area contributed by atoms with Gasteiger partial charge in [-0.05, 0) is 18.2 Å². The third kappa shape index (κ3) is 4.32. The molecule has 1 aliphatic rings. The van der Waals surface area contributed by atoms with Crippen LogP contribution in [0.3, 0.4) is 0 Å². The summed E-state index contributed by atoms with van der Waals surface area (Å²) in [6.07, 6.45) is 3.17. The van der Waals surface area contributed by atoms with Crippen molar-refractivity contribution in [2.45, 2.75) is 12.6 Å². The molecule has 0 unspecified atom stereocenters. The second-order valence-corrected chi connectivity index (χ2v) is 6.13. The number of rotatable bonds is 6. The van der Waals surface area contributed by atoms with Gasteiger partial charge in [-0.15, -0.1) is 0 Å². The molecule has 2 aromatic rings. The van der Waals surface area contributed by atoms with E-state index in [4.69, 9.17) is 4.74 Å². The maximum absolute atomic E-state index is 12.3. The molecule has 25 heavy (non-hydrogen) atoms. The molecule has 0 bridgehead atoms. The first-order valence-electron chi connectivity index (χ1n) is 8.23. The van der Waals surface area contributed by atoms with Crippen LogP contribution in [0.2, 0.25) is 0 Å². The summed E-state index contributed by atoms with van der Waals surface area (Å²) < 4.78 is 5.15. The van der Waals surface area contributed by atoms with E-state index >= 15 is 0 Å². The molecular weight excluding hydrogens is 320 g/mol. The van der Waals surface area contributed by atoms with Gasteiger partial charge in [0.1, 0.15) is 0 Å². The fourth-order valence-electron chi connectivity index (χ4n) is 3.08. The van der Waals surface area contributed by atoms with E-state index < -0.39 is 0 Å². The van der Waals surface area contributed by atoms with Crippen LogP contribution in [0.25, 0.3) is 0 Å². The van der Waals surface area contributed by atoms with Crippen molar-refractivity contribution in [2.75, 3.05) is 26.8 Å². The number of nitrogens with zero attached hydrogens (tertiary/aromatic N) is 3. The standard InChI is InChI=1S/C18H22N4O3/c1-25-17-6-2-5-15(20-17)10-22-9-14(12-23)16(11-22)21-18(24)13-4-3-7-19-8-13/h2-8,14,16,23H,9-12H2,1H3,(H,21,24)/t14-,16+/m0/s1. The quantitative estimate of drug-likeness (QED) is 0.804. The van der Waals surface area contributed by atoms with Crippen molar-refractivity contribution >= 4 is 5.91 Å². The molecule has 7 nitrogen and oxygen atoms in total. The number of pyridine rings is 2. The molecule has 2 atom stereocenters. The Kier molecular flexibility index (Phi) is 5.57. The van der Waals surface area contributed by atoms with Crippen LogP contribution in [0.1, 0.15) is 16.1 Å². The average molecular weight is 342 g/mol. The van der Waals surface area contributed by atoms with Gasteiger partial charge in [0.15, 0.2) is 0 Å². The van der Waals surface area contributed by atoms with Crippen LogP contribution in [-0.4, -0.2) is 58.7 Å². The van der Waals surface area contributed by atoms with Crippen molar-refractivity contribution in [2.24, 2.45) is 5.92 Å². The summed E-state index contributed by atoms with van der Waals surface area (Å²) in [5.74, 6) is 0.404. The van der Waals surface area contributed by atoms with Crippen molar-refractivity contribution in [1.82, 2.24) is 20.2 Å². The van der Waals surface area contributed by atoms with E-state index in [0.717, 1.165) is 5.69 Å². The third-order valence-corrected chi connectivity index (χ3v) is 4.37. The Morgan fingerprint density at radius 1 is 1.36 bits per heavy atom. The third-order valence-electron chi connectivity index (χ3n) is 4.37. The molecule has 132 valence electrons. The van der Waals surface area contributed by atoms with E-state index in [1.165, 1.54) is 6.20 Å². The largest absolute Gasteiger partial charge is 0.481 e. The number of methoxy groups -OCH3 is 1.